The molecule has 0 saturated carbocycles. The summed E-state index contributed by atoms with van der Waals surface area (Å²) in [5.74, 6) is -2.16. The summed E-state index contributed by atoms with van der Waals surface area (Å²) in [6.07, 6.45) is 0. The molecule has 0 aromatic heterocycles. The number of carbonyl (C=O) groups excluding carboxylic acids is 1. The summed E-state index contributed by atoms with van der Waals surface area (Å²) in [6, 6.07) is 8.70. The maximum absolute atomic E-state index is 13.5. The van der Waals surface area contributed by atoms with Crippen molar-refractivity contribution in [1.82, 2.24) is 0 Å². The van der Waals surface area contributed by atoms with E-state index in [1.165, 1.54) is 18.2 Å². The van der Waals surface area contributed by atoms with E-state index in [1.54, 1.807) is 6.07 Å². The lowest BCUT2D eigenvalue weighted by atomic mass is 10.1. The second kappa shape index (κ2) is 5.68. The molecular formula is C14H7ClF2N2O. The van der Waals surface area contributed by atoms with Crippen molar-refractivity contribution in [2.45, 2.75) is 0 Å². The van der Waals surface area contributed by atoms with Crippen LogP contribution >= 0.6 is 11.6 Å². The minimum atomic E-state index is -0.736. The minimum Gasteiger partial charge on any atom is -0.322 e. The Bertz CT molecular complexity index is 726. The van der Waals surface area contributed by atoms with E-state index in [2.05, 4.69) is 5.32 Å². The lowest BCUT2D eigenvalue weighted by Gasteiger charge is -2.07. The molecule has 0 unspecified atom stereocenters. The van der Waals surface area contributed by atoms with Crippen LogP contribution in [0.5, 0.6) is 0 Å². The maximum Gasteiger partial charge on any atom is 0.258 e. The van der Waals surface area contributed by atoms with Gasteiger partial charge in [0, 0.05) is 10.7 Å². The molecule has 0 heterocycles. The van der Waals surface area contributed by atoms with E-state index in [-0.39, 0.29) is 21.8 Å². The van der Waals surface area contributed by atoms with Crippen molar-refractivity contribution in [3.8, 4) is 6.07 Å². The quantitative estimate of drug-likeness (QED) is 0.916. The van der Waals surface area contributed by atoms with Crippen molar-refractivity contribution in [1.29, 1.82) is 5.26 Å². The Balaban J connectivity index is 2.28. The fourth-order valence-electron chi connectivity index (χ4n) is 1.56. The average molecular weight is 293 g/mol. The smallest absolute Gasteiger partial charge is 0.258 e. The zero-order valence-corrected chi connectivity index (χ0v) is 10.7. The van der Waals surface area contributed by atoms with Gasteiger partial charge in [-0.05, 0) is 36.4 Å². The van der Waals surface area contributed by atoms with Crippen molar-refractivity contribution >= 4 is 23.2 Å². The highest BCUT2D eigenvalue weighted by atomic mass is 35.5. The fraction of sp³-hybridized carbons (Fsp3) is 0. The SMILES string of the molecule is N#Cc1cc(NC(=O)c2cc(Cl)ccc2F)ccc1F. The van der Waals surface area contributed by atoms with Crippen LogP contribution in [0.3, 0.4) is 0 Å². The van der Waals surface area contributed by atoms with Gasteiger partial charge in [0.1, 0.15) is 17.7 Å². The molecule has 20 heavy (non-hydrogen) atoms. The molecule has 0 bridgehead atoms. The van der Waals surface area contributed by atoms with E-state index < -0.39 is 17.5 Å². The molecule has 0 fully saturated rings. The van der Waals surface area contributed by atoms with Crippen LogP contribution in [0.25, 0.3) is 0 Å². The van der Waals surface area contributed by atoms with Crippen molar-refractivity contribution in [3.63, 3.8) is 0 Å². The highest BCUT2D eigenvalue weighted by Gasteiger charge is 2.13. The number of hydrogen-bond donors (Lipinski definition) is 1. The predicted molar refractivity (Wildman–Crippen MR) is 70.5 cm³/mol. The number of rotatable bonds is 2. The number of anilines is 1. The van der Waals surface area contributed by atoms with Gasteiger partial charge in [-0.2, -0.15) is 5.26 Å². The van der Waals surface area contributed by atoms with Gasteiger partial charge in [-0.3, -0.25) is 4.79 Å². The van der Waals surface area contributed by atoms with Gasteiger partial charge in [-0.25, -0.2) is 8.78 Å². The lowest BCUT2D eigenvalue weighted by molar-refractivity contribution is 0.102. The monoisotopic (exact) mass is 292 g/mol. The molecule has 2 aromatic rings. The van der Waals surface area contributed by atoms with Crippen LogP contribution in [0.2, 0.25) is 5.02 Å². The van der Waals surface area contributed by atoms with E-state index in [0.29, 0.717) is 0 Å². The third-order valence-corrected chi connectivity index (χ3v) is 2.75. The molecular weight excluding hydrogens is 286 g/mol. The number of nitrogens with zero attached hydrogens (tertiary/aromatic N) is 1. The lowest BCUT2D eigenvalue weighted by Crippen LogP contribution is -2.14. The van der Waals surface area contributed by atoms with Gasteiger partial charge in [0.25, 0.3) is 5.91 Å². The number of benzene rings is 2. The topological polar surface area (TPSA) is 52.9 Å². The van der Waals surface area contributed by atoms with Gasteiger partial charge in [0.05, 0.1) is 11.1 Å². The van der Waals surface area contributed by atoms with E-state index in [0.717, 1.165) is 18.2 Å². The standard InChI is InChI=1S/C14H7ClF2N2O/c15-9-1-3-13(17)11(6-9)14(20)19-10-2-4-12(16)8(5-10)7-18/h1-6H,(H,19,20). The molecule has 3 nitrogen and oxygen atoms in total. The molecule has 100 valence electrons. The van der Waals surface area contributed by atoms with Gasteiger partial charge >= 0.3 is 0 Å². The molecule has 0 atom stereocenters. The first-order valence-electron chi connectivity index (χ1n) is 5.47. The second-order valence-corrected chi connectivity index (χ2v) is 4.32. The Morgan fingerprint density at radius 3 is 2.55 bits per heavy atom. The molecule has 0 aliphatic rings. The van der Waals surface area contributed by atoms with Crippen LogP contribution in [-0.2, 0) is 0 Å². The van der Waals surface area contributed by atoms with E-state index in [4.69, 9.17) is 16.9 Å². The molecule has 1 N–H and O–H groups in total. The molecule has 0 spiro atoms. The zero-order chi connectivity index (χ0) is 14.7. The highest BCUT2D eigenvalue weighted by Crippen LogP contribution is 2.18. The Morgan fingerprint density at radius 2 is 1.85 bits per heavy atom. The van der Waals surface area contributed by atoms with Crippen molar-refractivity contribution < 1.29 is 13.6 Å². The van der Waals surface area contributed by atoms with Crippen LogP contribution in [0, 0.1) is 23.0 Å². The second-order valence-electron chi connectivity index (χ2n) is 3.88. The summed E-state index contributed by atoms with van der Waals surface area (Å²) < 4.78 is 26.6. The molecule has 0 radical (unpaired) electrons. The highest BCUT2D eigenvalue weighted by molar-refractivity contribution is 6.31. The first-order valence-corrected chi connectivity index (χ1v) is 5.85. The normalized spacial score (nSPS) is 9.90. The molecule has 6 heteroatoms. The molecule has 2 aromatic carbocycles. The summed E-state index contributed by atoms with van der Waals surface area (Å²) in [6.45, 7) is 0. The van der Waals surface area contributed by atoms with E-state index in [9.17, 15) is 13.6 Å². The van der Waals surface area contributed by atoms with Crippen LogP contribution in [-0.4, -0.2) is 5.91 Å². The number of nitriles is 1. The van der Waals surface area contributed by atoms with E-state index >= 15 is 0 Å². The molecule has 0 aliphatic heterocycles. The number of hydrogen-bond acceptors (Lipinski definition) is 2. The number of nitrogens with one attached hydrogen (secondary N) is 1. The zero-order valence-electron chi connectivity index (χ0n) is 9.95. The maximum atomic E-state index is 13.5. The van der Waals surface area contributed by atoms with Crippen LogP contribution in [0.4, 0.5) is 14.5 Å². The summed E-state index contributed by atoms with van der Waals surface area (Å²) in [5.41, 5.74) is -0.262. The first-order chi connectivity index (χ1) is 9.51. The van der Waals surface area contributed by atoms with Crippen LogP contribution < -0.4 is 5.32 Å². The van der Waals surface area contributed by atoms with Gasteiger partial charge in [-0.1, -0.05) is 11.6 Å². The molecule has 1 amide bonds. The summed E-state index contributed by atoms with van der Waals surface area (Å²) in [7, 11) is 0. The predicted octanol–water partition coefficient (Wildman–Crippen LogP) is 3.74. The third kappa shape index (κ3) is 2.92. The van der Waals surface area contributed by atoms with Gasteiger partial charge in [-0.15, -0.1) is 0 Å². The molecule has 0 saturated heterocycles. The fourth-order valence-corrected chi connectivity index (χ4v) is 1.73. The van der Waals surface area contributed by atoms with Crippen molar-refractivity contribution in [2.24, 2.45) is 0 Å². The average Bonchev–Trinajstić information content (AvgIpc) is 2.43. The van der Waals surface area contributed by atoms with Gasteiger partial charge < -0.3 is 5.32 Å². The largest absolute Gasteiger partial charge is 0.322 e. The first kappa shape index (κ1) is 14.0. The van der Waals surface area contributed by atoms with Crippen LogP contribution in [0.1, 0.15) is 15.9 Å². The molecule has 0 aliphatic carbocycles. The minimum absolute atomic E-state index is 0.187. The van der Waals surface area contributed by atoms with Crippen molar-refractivity contribution in [3.05, 3.63) is 64.2 Å². The third-order valence-electron chi connectivity index (χ3n) is 2.52. The number of amides is 1. The Labute approximate surface area is 118 Å². The Morgan fingerprint density at radius 1 is 1.15 bits per heavy atom. The summed E-state index contributed by atoms with van der Waals surface area (Å²) >= 11 is 5.69. The van der Waals surface area contributed by atoms with Crippen molar-refractivity contribution in [2.75, 3.05) is 5.32 Å². The van der Waals surface area contributed by atoms with Gasteiger partial charge in [0.2, 0.25) is 0 Å². The van der Waals surface area contributed by atoms with E-state index in [1.807, 2.05) is 0 Å². The summed E-state index contributed by atoms with van der Waals surface area (Å²) in [4.78, 5) is 11.9. The Hall–Kier alpha value is -2.45. The Kier molecular flexibility index (Phi) is 3.97. The van der Waals surface area contributed by atoms with Crippen LogP contribution in [0.15, 0.2) is 36.4 Å². The molecule has 2 rings (SSSR count). The van der Waals surface area contributed by atoms with Gasteiger partial charge in [0.15, 0.2) is 0 Å². The number of carbonyl (C=O) groups is 1. The summed E-state index contributed by atoms with van der Waals surface area (Å²) in [5, 5.41) is 11.3. The number of halogens is 3.